The van der Waals surface area contributed by atoms with E-state index in [2.05, 4.69) is 34.7 Å². The zero-order valence-electron chi connectivity index (χ0n) is 11.3. The summed E-state index contributed by atoms with van der Waals surface area (Å²) >= 11 is 1.75. The number of aromatic nitrogens is 4. The van der Waals surface area contributed by atoms with E-state index in [4.69, 9.17) is 0 Å². The van der Waals surface area contributed by atoms with Crippen LogP contribution in [0.4, 0.5) is 0 Å². The second-order valence-corrected chi connectivity index (χ2v) is 6.33. The largest absolute Gasteiger partial charge is 0.316 e. The SMILES string of the molecule is CC(C)CCCNCCSc1nnnn1C1CC1. The molecular weight excluding hydrogens is 246 g/mol. The van der Waals surface area contributed by atoms with Crippen LogP contribution in [0.3, 0.4) is 0 Å². The van der Waals surface area contributed by atoms with Gasteiger partial charge in [0.05, 0.1) is 6.04 Å². The molecule has 0 atom stereocenters. The van der Waals surface area contributed by atoms with Crippen LogP contribution in [0.5, 0.6) is 0 Å². The topological polar surface area (TPSA) is 55.6 Å². The maximum Gasteiger partial charge on any atom is 0.209 e. The van der Waals surface area contributed by atoms with Crippen molar-refractivity contribution in [3.8, 4) is 0 Å². The lowest BCUT2D eigenvalue weighted by atomic mass is 10.1. The monoisotopic (exact) mass is 269 g/mol. The van der Waals surface area contributed by atoms with Crippen molar-refractivity contribution in [1.82, 2.24) is 25.5 Å². The van der Waals surface area contributed by atoms with E-state index in [1.165, 1.54) is 25.7 Å². The van der Waals surface area contributed by atoms with Crippen LogP contribution in [0.15, 0.2) is 5.16 Å². The van der Waals surface area contributed by atoms with Crippen molar-refractivity contribution >= 4 is 11.8 Å². The van der Waals surface area contributed by atoms with Crippen LogP contribution >= 0.6 is 11.8 Å². The molecular formula is C12H23N5S. The van der Waals surface area contributed by atoms with Crippen LogP contribution in [0.25, 0.3) is 0 Å². The van der Waals surface area contributed by atoms with Gasteiger partial charge in [0, 0.05) is 12.3 Å². The standard InChI is InChI=1S/C12H23N5S/c1-10(2)4-3-7-13-8-9-18-12-14-15-16-17(12)11-5-6-11/h10-11,13H,3-9H2,1-2H3. The highest BCUT2D eigenvalue weighted by Gasteiger charge is 2.27. The Kier molecular flexibility index (Phi) is 5.44. The Labute approximate surface area is 113 Å². The summed E-state index contributed by atoms with van der Waals surface area (Å²) in [7, 11) is 0. The Hall–Kier alpha value is -0.620. The fourth-order valence-electron chi connectivity index (χ4n) is 1.80. The van der Waals surface area contributed by atoms with Crippen LogP contribution in [0, 0.1) is 5.92 Å². The Morgan fingerprint density at radius 3 is 2.94 bits per heavy atom. The third kappa shape index (κ3) is 4.57. The smallest absolute Gasteiger partial charge is 0.209 e. The fourth-order valence-corrected chi connectivity index (χ4v) is 2.64. The molecule has 1 aliphatic rings. The lowest BCUT2D eigenvalue weighted by Gasteiger charge is -2.06. The molecule has 102 valence electrons. The van der Waals surface area contributed by atoms with Gasteiger partial charge < -0.3 is 5.32 Å². The summed E-state index contributed by atoms with van der Waals surface area (Å²) in [6.07, 6.45) is 5.03. The molecule has 1 aliphatic carbocycles. The zero-order valence-corrected chi connectivity index (χ0v) is 12.1. The van der Waals surface area contributed by atoms with Gasteiger partial charge in [0.1, 0.15) is 0 Å². The number of nitrogens with zero attached hydrogens (tertiary/aromatic N) is 4. The molecule has 18 heavy (non-hydrogen) atoms. The van der Waals surface area contributed by atoms with Gasteiger partial charge in [0.2, 0.25) is 5.16 Å². The molecule has 1 aromatic rings. The zero-order chi connectivity index (χ0) is 12.8. The molecule has 1 fully saturated rings. The van der Waals surface area contributed by atoms with Gasteiger partial charge in [-0.2, -0.15) is 0 Å². The number of thioether (sulfide) groups is 1. The minimum absolute atomic E-state index is 0.571. The van der Waals surface area contributed by atoms with Crippen molar-refractivity contribution in [3.05, 3.63) is 0 Å². The molecule has 0 bridgehead atoms. The third-order valence-electron chi connectivity index (χ3n) is 3.00. The molecule has 0 saturated heterocycles. The minimum Gasteiger partial charge on any atom is -0.316 e. The van der Waals surface area contributed by atoms with Crippen molar-refractivity contribution in [2.75, 3.05) is 18.8 Å². The van der Waals surface area contributed by atoms with E-state index < -0.39 is 0 Å². The molecule has 1 N–H and O–H groups in total. The molecule has 1 saturated carbocycles. The van der Waals surface area contributed by atoms with Crippen LogP contribution < -0.4 is 5.32 Å². The molecule has 0 amide bonds. The van der Waals surface area contributed by atoms with Gasteiger partial charge in [-0.25, -0.2) is 4.68 Å². The molecule has 6 heteroatoms. The van der Waals surface area contributed by atoms with Gasteiger partial charge >= 0.3 is 0 Å². The Morgan fingerprint density at radius 1 is 1.39 bits per heavy atom. The quantitative estimate of drug-likeness (QED) is 0.550. The molecule has 0 spiro atoms. The number of tetrazole rings is 1. The molecule has 0 aromatic carbocycles. The van der Waals surface area contributed by atoms with E-state index >= 15 is 0 Å². The maximum atomic E-state index is 4.07. The predicted molar refractivity (Wildman–Crippen MR) is 73.8 cm³/mol. The number of nitrogens with one attached hydrogen (secondary N) is 1. The highest BCUT2D eigenvalue weighted by atomic mass is 32.2. The minimum atomic E-state index is 0.571. The van der Waals surface area contributed by atoms with Crippen molar-refractivity contribution in [2.45, 2.75) is 50.7 Å². The first-order valence-corrected chi connectivity index (χ1v) is 7.87. The second-order valence-electron chi connectivity index (χ2n) is 5.27. The first-order chi connectivity index (χ1) is 8.77. The summed E-state index contributed by atoms with van der Waals surface area (Å²) in [6, 6.07) is 0.571. The van der Waals surface area contributed by atoms with Crippen molar-refractivity contribution in [3.63, 3.8) is 0 Å². The number of hydrogen-bond acceptors (Lipinski definition) is 5. The number of rotatable bonds is 9. The predicted octanol–water partition coefficient (Wildman–Crippen LogP) is 2.13. The van der Waals surface area contributed by atoms with E-state index in [1.807, 2.05) is 4.68 Å². The van der Waals surface area contributed by atoms with Crippen LogP contribution in [0.1, 0.15) is 45.6 Å². The normalized spacial score (nSPS) is 15.5. The van der Waals surface area contributed by atoms with Crippen LogP contribution in [-0.2, 0) is 0 Å². The fraction of sp³-hybridized carbons (Fsp3) is 0.917. The van der Waals surface area contributed by atoms with Gasteiger partial charge in [-0.1, -0.05) is 25.6 Å². The Morgan fingerprint density at radius 2 is 2.22 bits per heavy atom. The van der Waals surface area contributed by atoms with Crippen molar-refractivity contribution in [2.24, 2.45) is 5.92 Å². The van der Waals surface area contributed by atoms with Gasteiger partial charge in [-0.05, 0) is 48.6 Å². The van der Waals surface area contributed by atoms with Gasteiger partial charge in [0.15, 0.2) is 0 Å². The van der Waals surface area contributed by atoms with E-state index in [1.54, 1.807) is 11.8 Å². The first kappa shape index (κ1) is 13.8. The van der Waals surface area contributed by atoms with Crippen molar-refractivity contribution < 1.29 is 0 Å². The Bertz CT molecular complexity index is 348. The Balaban J connectivity index is 1.54. The molecule has 2 rings (SSSR count). The molecule has 1 heterocycles. The molecule has 0 radical (unpaired) electrons. The van der Waals surface area contributed by atoms with E-state index in [0.29, 0.717) is 6.04 Å². The lowest BCUT2D eigenvalue weighted by molar-refractivity contribution is 0.533. The molecule has 0 aliphatic heterocycles. The average molecular weight is 269 g/mol. The van der Waals surface area contributed by atoms with E-state index in [-0.39, 0.29) is 0 Å². The van der Waals surface area contributed by atoms with Crippen LogP contribution in [0.2, 0.25) is 0 Å². The average Bonchev–Trinajstić information content (AvgIpc) is 3.08. The number of hydrogen-bond donors (Lipinski definition) is 1. The first-order valence-electron chi connectivity index (χ1n) is 6.88. The van der Waals surface area contributed by atoms with Crippen molar-refractivity contribution in [1.29, 1.82) is 0 Å². The summed E-state index contributed by atoms with van der Waals surface area (Å²) in [5.41, 5.74) is 0. The second kappa shape index (κ2) is 7.09. The summed E-state index contributed by atoms with van der Waals surface area (Å²) in [5.74, 6) is 1.85. The molecule has 1 aromatic heterocycles. The summed E-state index contributed by atoms with van der Waals surface area (Å²) in [6.45, 7) is 6.69. The maximum absolute atomic E-state index is 4.07. The van der Waals surface area contributed by atoms with Gasteiger partial charge in [-0.3, -0.25) is 0 Å². The lowest BCUT2D eigenvalue weighted by Crippen LogP contribution is -2.19. The highest BCUT2D eigenvalue weighted by Crippen LogP contribution is 2.36. The molecule has 0 unspecified atom stereocenters. The van der Waals surface area contributed by atoms with Gasteiger partial charge in [0.25, 0.3) is 0 Å². The van der Waals surface area contributed by atoms with Crippen LogP contribution in [-0.4, -0.2) is 39.0 Å². The third-order valence-corrected chi connectivity index (χ3v) is 3.94. The van der Waals surface area contributed by atoms with Gasteiger partial charge in [-0.15, -0.1) is 5.10 Å². The summed E-state index contributed by atoms with van der Waals surface area (Å²) in [5, 5.41) is 16.3. The summed E-state index contributed by atoms with van der Waals surface area (Å²) < 4.78 is 1.98. The van der Waals surface area contributed by atoms with E-state index in [0.717, 1.165) is 29.9 Å². The highest BCUT2D eigenvalue weighted by molar-refractivity contribution is 7.99. The summed E-state index contributed by atoms with van der Waals surface area (Å²) in [4.78, 5) is 0. The van der Waals surface area contributed by atoms with E-state index in [9.17, 15) is 0 Å². The molecule has 5 nitrogen and oxygen atoms in total.